The van der Waals surface area contributed by atoms with Crippen LogP contribution in [-0.2, 0) is 11.2 Å². The quantitative estimate of drug-likeness (QED) is 0.827. The van der Waals surface area contributed by atoms with Crippen LogP contribution in [0.15, 0.2) is 48.5 Å². The fourth-order valence-electron chi connectivity index (χ4n) is 1.32. The van der Waals surface area contributed by atoms with Gasteiger partial charge in [0.05, 0.1) is 6.42 Å². The highest BCUT2D eigenvalue weighted by Gasteiger charge is 2.01. The Hall–Kier alpha value is -1.71. The molecule has 0 amide bonds. The number of carboxylic acids is 1. The zero-order chi connectivity index (χ0) is 14.3. The van der Waals surface area contributed by atoms with Crippen molar-refractivity contribution in [3.8, 4) is 0 Å². The van der Waals surface area contributed by atoms with Crippen LogP contribution >= 0.6 is 23.2 Å². The highest BCUT2D eigenvalue weighted by molar-refractivity contribution is 6.34. The molecule has 0 saturated heterocycles. The fourth-order valence-corrected chi connectivity index (χ4v) is 1.75. The van der Waals surface area contributed by atoms with Gasteiger partial charge in [0, 0.05) is 15.7 Å². The lowest BCUT2D eigenvalue weighted by Crippen LogP contribution is -2.02. The molecule has 3 N–H and O–H groups in total. The molecule has 0 saturated carbocycles. The molecular formula is C14H13Cl2NO2. The van der Waals surface area contributed by atoms with E-state index in [4.69, 9.17) is 34.0 Å². The fraction of sp³-hybridized carbons (Fsp3) is 0.0714. The first kappa shape index (κ1) is 15.3. The van der Waals surface area contributed by atoms with Gasteiger partial charge in [0.25, 0.3) is 0 Å². The minimum absolute atomic E-state index is 0.00727. The maximum Gasteiger partial charge on any atom is 0.307 e. The van der Waals surface area contributed by atoms with Crippen molar-refractivity contribution >= 4 is 34.9 Å². The van der Waals surface area contributed by atoms with Crippen molar-refractivity contribution in [3.63, 3.8) is 0 Å². The van der Waals surface area contributed by atoms with Gasteiger partial charge < -0.3 is 10.8 Å². The number of halogens is 2. The first-order valence-electron chi connectivity index (χ1n) is 5.45. The summed E-state index contributed by atoms with van der Waals surface area (Å²) >= 11 is 11.1. The molecule has 0 fully saturated rings. The van der Waals surface area contributed by atoms with E-state index in [1.165, 1.54) is 0 Å². The number of anilines is 1. The summed E-state index contributed by atoms with van der Waals surface area (Å²) < 4.78 is 0. The van der Waals surface area contributed by atoms with E-state index in [1.54, 1.807) is 42.5 Å². The van der Waals surface area contributed by atoms with Gasteiger partial charge in [0.1, 0.15) is 0 Å². The number of hydrogen-bond acceptors (Lipinski definition) is 2. The van der Waals surface area contributed by atoms with Crippen molar-refractivity contribution in [2.75, 3.05) is 5.73 Å². The van der Waals surface area contributed by atoms with E-state index in [1.807, 2.05) is 6.07 Å². The number of rotatable bonds is 2. The van der Waals surface area contributed by atoms with Crippen molar-refractivity contribution in [1.29, 1.82) is 0 Å². The Labute approximate surface area is 121 Å². The van der Waals surface area contributed by atoms with Crippen LogP contribution in [0.3, 0.4) is 0 Å². The molecule has 0 heterocycles. The number of benzene rings is 2. The lowest BCUT2D eigenvalue weighted by molar-refractivity contribution is -0.136. The second-order valence-corrected chi connectivity index (χ2v) is 4.58. The molecule has 0 aromatic heterocycles. The summed E-state index contributed by atoms with van der Waals surface area (Å²) in [5.74, 6) is -0.858. The SMILES string of the molecule is Clc1cccc(Cl)c1.Nc1ccccc1CC(=O)O. The van der Waals surface area contributed by atoms with Gasteiger partial charge in [-0.1, -0.05) is 47.5 Å². The molecule has 0 bridgehead atoms. The van der Waals surface area contributed by atoms with Crippen molar-refractivity contribution in [1.82, 2.24) is 0 Å². The summed E-state index contributed by atoms with van der Waals surface area (Å²) in [5.41, 5.74) is 6.71. The highest BCUT2D eigenvalue weighted by atomic mass is 35.5. The van der Waals surface area contributed by atoms with Gasteiger partial charge >= 0.3 is 5.97 Å². The van der Waals surface area contributed by atoms with Crippen LogP contribution in [0.4, 0.5) is 5.69 Å². The lowest BCUT2D eigenvalue weighted by Gasteiger charge is -1.99. The first-order chi connectivity index (χ1) is 8.99. The largest absolute Gasteiger partial charge is 0.481 e. The van der Waals surface area contributed by atoms with E-state index < -0.39 is 5.97 Å². The Morgan fingerprint density at radius 1 is 1.05 bits per heavy atom. The number of para-hydroxylation sites is 1. The van der Waals surface area contributed by atoms with Crippen molar-refractivity contribution in [3.05, 3.63) is 64.1 Å². The molecule has 0 aliphatic rings. The van der Waals surface area contributed by atoms with Crippen LogP contribution in [0.1, 0.15) is 5.56 Å². The average Bonchev–Trinajstić information content (AvgIpc) is 2.32. The van der Waals surface area contributed by atoms with E-state index in [9.17, 15) is 4.79 Å². The number of nitrogen functional groups attached to an aromatic ring is 1. The summed E-state index contributed by atoms with van der Waals surface area (Å²) in [4.78, 5) is 10.3. The highest BCUT2D eigenvalue weighted by Crippen LogP contribution is 2.14. The molecule has 2 aromatic rings. The molecule has 3 nitrogen and oxygen atoms in total. The van der Waals surface area contributed by atoms with E-state index in [-0.39, 0.29) is 6.42 Å². The van der Waals surface area contributed by atoms with Crippen LogP contribution in [0.5, 0.6) is 0 Å². The third-order valence-corrected chi connectivity index (χ3v) is 2.65. The smallest absolute Gasteiger partial charge is 0.307 e. The van der Waals surface area contributed by atoms with Crippen molar-refractivity contribution < 1.29 is 9.90 Å². The van der Waals surface area contributed by atoms with Gasteiger partial charge in [-0.25, -0.2) is 0 Å². The number of carboxylic acid groups (broad SMARTS) is 1. The van der Waals surface area contributed by atoms with E-state index in [0.717, 1.165) is 0 Å². The van der Waals surface area contributed by atoms with Gasteiger partial charge in [-0.15, -0.1) is 0 Å². The Balaban J connectivity index is 0.000000200. The van der Waals surface area contributed by atoms with Gasteiger partial charge in [0.2, 0.25) is 0 Å². The second kappa shape index (κ2) is 7.67. The molecule has 100 valence electrons. The Morgan fingerprint density at radius 3 is 2.05 bits per heavy atom. The minimum atomic E-state index is -0.858. The molecule has 0 atom stereocenters. The minimum Gasteiger partial charge on any atom is -0.481 e. The Bertz CT molecular complexity index is 541. The van der Waals surface area contributed by atoms with Gasteiger partial charge in [-0.3, -0.25) is 4.79 Å². The Kier molecular flexibility index (Phi) is 6.19. The monoisotopic (exact) mass is 297 g/mol. The van der Waals surface area contributed by atoms with Gasteiger partial charge in [0.15, 0.2) is 0 Å². The predicted molar refractivity (Wildman–Crippen MR) is 78.7 cm³/mol. The summed E-state index contributed by atoms with van der Waals surface area (Å²) in [6, 6.07) is 14.0. The zero-order valence-electron chi connectivity index (χ0n) is 10.0. The van der Waals surface area contributed by atoms with E-state index >= 15 is 0 Å². The third-order valence-electron chi connectivity index (χ3n) is 2.18. The van der Waals surface area contributed by atoms with Crippen molar-refractivity contribution in [2.24, 2.45) is 0 Å². The molecule has 0 aliphatic carbocycles. The average molecular weight is 298 g/mol. The van der Waals surface area contributed by atoms with Crippen molar-refractivity contribution in [2.45, 2.75) is 6.42 Å². The maximum atomic E-state index is 10.3. The number of hydrogen-bond donors (Lipinski definition) is 2. The van der Waals surface area contributed by atoms with Crippen LogP contribution in [0.25, 0.3) is 0 Å². The Morgan fingerprint density at radius 2 is 1.63 bits per heavy atom. The lowest BCUT2D eigenvalue weighted by atomic mass is 10.1. The normalized spacial score (nSPS) is 9.37. The third kappa shape index (κ3) is 6.13. The number of nitrogens with two attached hydrogens (primary N) is 1. The maximum absolute atomic E-state index is 10.3. The first-order valence-corrected chi connectivity index (χ1v) is 6.21. The molecule has 19 heavy (non-hydrogen) atoms. The topological polar surface area (TPSA) is 63.3 Å². The van der Waals surface area contributed by atoms with Gasteiger partial charge in [-0.05, 0) is 29.8 Å². The summed E-state index contributed by atoms with van der Waals surface area (Å²) in [6.45, 7) is 0. The molecule has 2 aromatic carbocycles. The number of carbonyl (C=O) groups is 1. The van der Waals surface area contributed by atoms with Crippen LogP contribution in [0, 0.1) is 0 Å². The molecule has 0 spiro atoms. The van der Waals surface area contributed by atoms with Crippen LogP contribution < -0.4 is 5.73 Å². The summed E-state index contributed by atoms with van der Waals surface area (Å²) in [7, 11) is 0. The molecule has 0 unspecified atom stereocenters. The number of aliphatic carboxylic acids is 1. The molecule has 0 aliphatic heterocycles. The zero-order valence-corrected chi connectivity index (χ0v) is 11.5. The van der Waals surface area contributed by atoms with E-state index in [0.29, 0.717) is 21.3 Å². The second-order valence-electron chi connectivity index (χ2n) is 3.71. The molecule has 2 rings (SSSR count). The van der Waals surface area contributed by atoms with E-state index in [2.05, 4.69) is 0 Å². The van der Waals surface area contributed by atoms with Crippen LogP contribution in [0.2, 0.25) is 10.0 Å². The molecule has 5 heteroatoms. The summed E-state index contributed by atoms with van der Waals surface area (Å²) in [6.07, 6.45) is -0.00727. The summed E-state index contributed by atoms with van der Waals surface area (Å²) in [5, 5.41) is 9.79. The molecular weight excluding hydrogens is 285 g/mol. The van der Waals surface area contributed by atoms with Crippen LogP contribution in [-0.4, -0.2) is 11.1 Å². The predicted octanol–water partition coefficient (Wildman–Crippen LogP) is 3.89. The standard InChI is InChI=1S/C8H9NO2.C6H4Cl2/c9-7-4-2-1-3-6(7)5-8(10)11;7-5-2-1-3-6(8)4-5/h1-4H,5,9H2,(H,10,11);1-4H. The molecule has 0 radical (unpaired) electrons. The van der Waals surface area contributed by atoms with Gasteiger partial charge in [-0.2, -0.15) is 0 Å².